The highest BCUT2D eigenvalue weighted by Crippen LogP contribution is 2.18. The van der Waals surface area contributed by atoms with Crippen LogP contribution in [0.15, 0.2) is 22.8 Å². The van der Waals surface area contributed by atoms with E-state index in [0.29, 0.717) is 12.1 Å². The van der Waals surface area contributed by atoms with E-state index in [9.17, 15) is 0 Å². The first-order chi connectivity index (χ1) is 6.77. The molecule has 2 unspecified atom stereocenters. The quantitative estimate of drug-likeness (QED) is 0.751. The van der Waals surface area contributed by atoms with Crippen LogP contribution in [-0.2, 0) is 0 Å². The molecule has 2 nitrogen and oxygen atoms in total. The molecule has 0 spiro atoms. The van der Waals surface area contributed by atoms with Crippen LogP contribution in [0.2, 0.25) is 0 Å². The summed E-state index contributed by atoms with van der Waals surface area (Å²) < 4.78 is 5.40. The normalized spacial score (nSPS) is 15.4. The van der Waals surface area contributed by atoms with Crippen molar-refractivity contribution in [3.05, 3.63) is 24.2 Å². The standard InChI is InChI=1S/C12H21NO/c1-4-7-10(3)13-11(5-2)12-8-6-9-14-12/h6,8-11,13H,4-5,7H2,1-3H3. The van der Waals surface area contributed by atoms with Crippen LogP contribution in [0, 0.1) is 0 Å². The van der Waals surface area contributed by atoms with Gasteiger partial charge in [0.15, 0.2) is 0 Å². The van der Waals surface area contributed by atoms with Crippen molar-refractivity contribution < 1.29 is 4.42 Å². The van der Waals surface area contributed by atoms with Crippen LogP contribution in [0.1, 0.15) is 51.8 Å². The molecule has 0 aromatic carbocycles. The summed E-state index contributed by atoms with van der Waals surface area (Å²) in [5.74, 6) is 1.05. The van der Waals surface area contributed by atoms with Gasteiger partial charge in [-0.3, -0.25) is 0 Å². The smallest absolute Gasteiger partial charge is 0.120 e. The maximum absolute atomic E-state index is 5.40. The van der Waals surface area contributed by atoms with Gasteiger partial charge in [0.2, 0.25) is 0 Å². The molecule has 0 amide bonds. The van der Waals surface area contributed by atoms with Gasteiger partial charge in [-0.25, -0.2) is 0 Å². The molecule has 0 bridgehead atoms. The molecular weight excluding hydrogens is 174 g/mol. The van der Waals surface area contributed by atoms with Gasteiger partial charge in [-0.15, -0.1) is 0 Å². The molecule has 1 aromatic heterocycles. The third-order valence-electron chi connectivity index (χ3n) is 2.50. The molecule has 1 aromatic rings. The van der Waals surface area contributed by atoms with E-state index in [4.69, 9.17) is 4.42 Å². The van der Waals surface area contributed by atoms with Crippen LogP contribution in [0.4, 0.5) is 0 Å². The van der Waals surface area contributed by atoms with E-state index in [1.165, 1.54) is 12.8 Å². The summed E-state index contributed by atoms with van der Waals surface area (Å²) in [6.45, 7) is 6.62. The zero-order valence-electron chi connectivity index (χ0n) is 9.42. The van der Waals surface area contributed by atoms with E-state index in [-0.39, 0.29) is 0 Å². The van der Waals surface area contributed by atoms with E-state index in [2.05, 4.69) is 26.1 Å². The highest BCUT2D eigenvalue weighted by atomic mass is 16.3. The molecule has 14 heavy (non-hydrogen) atoms. The predicted molar refractivity (Wildman–Crippen MR) is 59.2 cm³/mol. The lowest BCUT2D eigenvalue weighted by Crippen LogP contribution is -2.29. The van der Waals surface area contributed by atoms with Crippen LogP contribution in [0.25, 0.3) is 0 Å². The molecule has 1 N–H and O–H groups in total. The second-order valence-corrected chi connectivity index (χ2v) is 3.83. The third-order valence-corrected chi connectivity index (χ3v) is 2.50. The van der Waals surface area contributed by atoms with Crippen LogP contribution >= 0.6 is 0 Å². The Morgan fingerprint density at radius 1 is 1.43 bits per heavy atom. The minimum absolute atomic E-state index is 0.367. The molecule has 80 valence electrons. The molecule has 0 saturated carbocycles. The van der Waals surface area contributed by atoms with Crippen LogP contribution < -0.4 is 5.32 Å². The Morgan fingerprint density at radius 3 is 2.71 bits per heavy atom. The Labute approximate surface area is 86.7 Å². The number of hydrogen-bond donors (Lipinski definition) is 1. The minimum Gasteiger partial charge on any atom is -0.468 e. The van der Waals surface area contributed by atoms with Gasteiger partial charge in [-0.1, -0.05) is 20.3 Å². The molecule has 2 heteroatoms. The van der Waals surface area contributed by atoms with Gasteiger partial charge < -0.3 is 9.73 Å². The maximum Gasteiger partial charge on any atom is 0.120 e. The zero-order valence-corrected chi connectivity index (χ0v) is 9.42. The summed E-state index contributed by atoms with van der Waals surface area (Å²) in [5, 5.41) is 3.58. The summed E-state index contributed by atoms with van der Waals surface area (Å²) in [5.41, 5.74) is 0. The first kappa shape index (κ1) is 11.3. The fourth-order valence-electron chi connectivity index (χ4n) is 1.75. The summed E-state index contributed by atoms with van der Waals surface area (Å²) in [6.07, 6.45) is 5.26. The predicted octanol–water partition coefficient (Wildman–Crippen LogP) is 3.51. The van der Waals surface area contributed by atoms with Crippen molar-refractivity contribution in [3.63, 3.8) is 0 Å². The highest BCUT2D eigenvalue weighted by Gasteiger charge is 2.13. The molecule has 1 heterocycles. The van der Waals surface area contributed by atoms with E-state index in [0.717, 1.165) is 12.2 Å². The first-order valence-corrected chi connectivity index (χ1v) is 5.57. The van der Waals surface area contributed by atoms with Crippen molar-refractivity contribution in [3.8, 4) is 0 Å². The van der Waals surface area contributed by atoms with E-state index in [1.807, 2.05) is 12.1 Å². The molecular formula is C12H21NO. The first-order valence-electron chi connectivity index (χ1n) is 5.57. The monoisotopic (exact) mass is 195 g/mol. The fourth-order valence-corrected chi connectivity index (χ4v) is 1.75. The Kier molecular flexibility index (Phi) is 4.74. The SMILES string of the molecule is CCCC(C)NC(CC)c1ccco1. The van der Waals surface area contributed by atoms with Gasteiger partial charge in [0.1, 0.15) is 5.76 Å². The van der Waals surface area contributed by atoms with Crippen molar-refractivity contribution in [2.24, 2.45) is 0 Å². The molecule has 0 saturated heterocycles. The van der Waals surface area contributed by atoms with Crippen LogP contribution in [-0.4, -0.2) is 6.04 Å². The molecule has 1 rings (SSSR count). The Hall–Kier alpha value is -0.760. The molecule has 0 fully saturated rings. The van der Waals surface area contributed by atoms with E-state index in [1.54, 1.807) is 6.26 Å². The van der Waals surface area contributed by atoms with Crippen molar-refractivity contribution in [1.82, 2.24) is 5.32 Å². The van der Waals surface area contributed by atoms with Gasteiger partial charge in [-0.05, 0) is 31.9 Å². The number of rotatable bonds is 6. The van der Waals surface area contributed by atoms with Gasteiger partial charge in [-0.2, -0.15) is 0 Å². The summed E-state index contributed by atoms with van der Waals surface area (Å²) in [7, 11) is 0. The summed E-state index contributed by atoms with van der Waals surface area (Å²) in [6, 6.07) is 4.92. The number of furan rings is 1. The average molecular weight is 195 g/mol. The molecule has 0 aliphatic carbocycles. The lowest BCUT2D eigenvalue weighted by Gasteiger charge is -2.20. The minimum atomic E-state index is 0.367. The Morgan fingerprint density at radius 2 is 2.21 bits per heavy atom. The van der Waals surface area contributed by atoms with Gasteiger partial charge in [0.25, 0.3) is 0 Å². The highest BCUT2D eigenvalue weighted by molar-refractivity contribution is 5.04. The van der Waals surface area contributed by atoms with Gasteiger partial charge in [0.05, 0.1) is 12.3 Å². The van der Waals surface area contributed by atoms with Crippen molar-refractivity contribution >= 4 is 0 Å². The lowest BCUT2D eigenvalue weighted by atomic mass is 10.1. The lowest BCUT2D eigenvalue weighted by molar-refractivity contribution is 0.363. The molecule has 0 aliphatic heterocycles. The van der Waals surface area contributed by atoms with Crippen molar-refractivity contribution in [2.75, 3.05) is 0 Å². The van der Waals surface area contributed by atoms with Crippen molar-refractivity contribution in [2.45, 2.75) is 52.1 Å². The van der Waals surface area contributed by atoms with Gasteiger partial charge in [0, 0.05) is 6.04 Å². The third kappa shape index (κ3) is 3.18. The topological polar surface area (TPSA) is 25.2 Å². The largest absolute Gasteiger partial charge is 0.468 e. The van der Waals surface area contributed by atoms with Gasteiger partial charge >= 0.3 is 0 Å². The average Bonchev–Trinajstić information content (AvgIpc) is 2.67. The Bertz CT molecular complexity index is 230. The van der Waals surface area contributed by atoms with Crippen molar-refractivity contribution in [1.29, 1.82) is 0 Å². The molecule has 2 atom stereocenters. The number of nitrogens with one attached hydrogen (secondary N) is 1. The van der Waals surface area contributed by atoms with Crippen LogP contribution in [0.3, 0.4) is 0 Å². The van der Waals surface area contributed by atoms with E-state index < -0.39 is 0 Å². The molecule has 0 aliphatic rings. The summed E-state index contributed by atoms with van der Waals surface area (Å²) in [4.78, 5) is 0. The number of hydrogen-bond acceptors (Lipinski definition) is 2. The molecule has 0 radical (unpaired) electrons. The zero-order chi connectivity index (χ0) is 10.4. The fraction of sp³-hybridized carbons (Fsp3) is 0.667. The van der Waals surface area contributed by atoms with E-state index >= 15 is 0 Å². The van der Waals surface area contributed by atoms with Crippen LogP contribution in [0.5, 0.6) is 0 Å². The second kappa shape index (κ2) is 5.86. The summed E-state index contributed by atoms with van der Waals surface area (Å²) >= 11 is 0. The Balaban J connectivity index is 2.47. The second-order valence-electron chi connectivity index (χ2n) is 3.83. The maximum atomic E-state index is 5.40.